The first-order valence-electron chi connectivity index (χ1n) is 10.7. The summed E-state index contributed by atoms with van der Waals surface area (Å²) in [5.74, 6) is 2.25. The van der Waals surface area contributed by atoms with Gasteiger partial charge in [0.2, 0.25) is 5.91 Å². The molecule has 1 saturated heterocycles. The van der Waals surface area contributed by atoms with E-state index in [9.17, 15) is 4.79 Å². The van der Waals surface area contributed by atoms with Gasteiger partial charge >= 0.3 is 0 Å². The topological polar surface area (TPSA) is 80.5 Å². The summed E-state index contributed by atoms with van der Waals surface area (Å²) in [5, 5.41) is 2.91. The minimum Gasteiger partial charge on any atom is -0.441 e. The minimum absolute atomic E-state index is 0.0435. The van der Waals surface area contributed by atoms with E-state index in [1.165, 1.54) is 0 Å². The molecular formula is C24H28N4O3. The number of hydrogen-bond donors (Lipinski definition) is 1. The number of morpholine rings is 1. The highest BCUT2D eigenvalue weighted by molar-refractivity contribution is 5.90. The molecule has 1 fully saturated rings. The van der Waals surface area contributed by atoms with Crippen molar-refractivity contribution in [3.05, 3.63) is 60.7 Å². The van der Waals surface area contributed by atoms with Crippen molar-refractivity contribution in [3.8, 4) is 11.3 Å². The molecule has 4 rings (SSSR count). The molecule has 162 valence electrons. The van der Waals surface area contributed by atoms with Crippen molar-refractivity contribution >= 4 is 17.4 Å². The molecule has 0 spiro atoms. The van der Waals surface area contributed by atoms with E-state index in [1.54, 1.807) is 12.4 Å². The number of pyridine rings is 1. The monoisotopic (exact) mass is 420 g/mol. The van der Waals surface area contributed by atoms with E-state index in [-0.39, 0.29) is 18.1 Å². The molecule has 1 aliphatic rings. The van der Waals surface area contributed by atoms with Crippen LogP contribution in [0.2, 0.25) is 0 Å². The molecule has 7 nitrogen and oxygen atoms in total. The lowest BCUT2D eigenvalue weighted by atomic mass is 10.2. The zero-order valence-electron chi connectivity index (χ0n) is 18.0. The fourth-order valence-corrected chi connectivity index (χ4v) is 3.80. The smallest absolute Gasteiger partial charge is 0.224 e. The lowest BCUT2D eigenvalue weighted by Crippen LogP contribution is -2.45. The van der Waals surface area contributed by atoms with Crippen molar-refractivity contribution in [2.75, 3.05) is 23.3 Å². The van der Waals surface area contributed by atoms with Gasteiger partial charge < -0.3 is 19.4 Å². The Kier molecular flexibility index (Phi) is 6.62. The largest absolute Gasteiger partial charge is 0.441 e. The highest BCUT2D eigenvalue weighted by atomic mass is 16.5. The molecule has 1 aromatic carbocycles. The second-order valence-electron chi connectivity index (χ2n) is 7.95. The Bertz CT molecular complexity index is 978. The van der Waals surface area contributed by atoms with Crippen LogP contribution in [0.1, 0.15) is 32.6 Å². The molecule has 2 aromatic heterocycles. The van der Waals surface area contributed by atoms with Gasteiger partial charge in [-0.15, -0.1) is 0 Å². The lowest BCUT2D eigenvalue weighted by Gasteiger charge is -2.36. The van der Waals surface area contributed by atoms with E-state index in [0.29, 0.717) is 30.8 Å². The number of aryl methyl sites for hydroxylation is 1. The molecule has 1 N–H and O–H groups in total. The third-order valence-electron chi connectivity index (χ3n) is 5.18. The number of aromatic nitrogens is 2. The van der Waals surface area contributed by atoms with E-state index in [4.69, 9.17) is 9.15 Å². The van der Waals surface area contributed by atoms with Gasteiger partial charge in [0.15, 0.2) is 11.7 Å². The maximum Gasteiger partial charge on any atom is 0.224 e. The molecule has 3 aromatic rings. The molecule has 0 saturated carbocycles. The van der Waals surface area contributed by atoms with Crippen molar-refractivity contribution in [2.45, 2.75) is 45.3 Å². The molecule has 31 heavy (non-hydrogen) atoms. The zero-order chi connectivity index (χ0) is 21.6. The predicted octanol–water partition coefficient (Wildman–Crippen LogP) is 4.31. The van der Waals surface area contributed by atoms with Crippen LogP contribution in [0.4, 0.5) is 11.5 Å². The van der Waals surface area contributed by atoms with Gasteiger partial charge in [-0.05, 0) is 32.4 Å². The van der Waals surface area contributed by atoms with Crippen LogP contribution in [0, 0.1) is 0 Å². The van der Waals surface area contributed by atoms with Gasteiger partial charge in [-0.3, -0.25) is 4.79 Å². The second kappa shape index (κ2) is 9.75. The number of carbonyl (C=O) groups is 1. The minimum atomic E-state index is -0.0435. The molecule has 1 aliphatic heterocycles. The SMILES string of the molecule is C[C@H]1CN(c2ccc(NC(=O)CCCc3ncc(-c4ccccc4)o3)cn2)C[C@H](C)O1. The second-order valence-corrected chi connectivity index (χ2v) is 7.95. The van der Waals surface area contributed by atoms with E-state index >= 15 is 0 Å². The molecule has 0 unspecified atom stereocenters. The van der Waals surface area contributed by atoms with E-state index in [2.05, 4.69) is 34.0 Å². The first-order chi connectivity index (χ1) is 15.1. The van der Waals surface area contributed by atoms with Crippen LogP contribution >= 0.6 is 0 Å². The average molecular weight is 421 g/mol. The van der Waals surface area contributed by atoms with Gasteiger partial charge in [-0.1, -0.05) is 30.3 Å². The van der Waals surface area contributed by atoms with Crippen molar-refractivity contribution in [2.24, 2.45) is 0 Å². The van der Waals surface area contributed by atoms with Crippen LogP contribution in [0.5, 0.6) is 0 Å². The van der Waals surface area contributed by atoms with Crippen LogP contribution < -0.4 is 10.2 Å². The van der Waals surface area contributed by atoms with Crippen molar-refractivity contribution in [1.29, 1.82) is 0 Å². The molecule has 2 atom stereocenters. The van der Waals surface area contributed by atoms with Gasteiger partial charge in [0.1, 0.15) is 5.82 Å². The van der Waals surface area contributed by atoms with E-state index < -0.39 is 0 Å². The highest BCUT2D eigenvalue weighted by Crippen LogP contribution is 2.21. The Labute approximate surface area is 182 Å². The summed E-state index contributed by atoms with van der Waals surface area (Å²) < 4.78 is 11.6. The van der Waals surface area contributed by atoms with E-state index in [0.717, 1.165) is 30.2 Å². The molecule has 3 heterocycles. The predicted molar refractivity (Wildman–Crippen MR) is 120 cm³/mol. The summed E-state index contributed by atoms with van der Waals surface area (Å²) in [6.07, 6.45) is 5.46. The highest BCUT2D eigenvalue weighted by Gasteiger charge is 2.23. The molecular weight excluding hydrogens is 392 g/mol. The van der Waals surface area contributed by atoms with Gasteiger partial charge in [0.25, 0.3) is 0 Å². The normalized spacial score (nSPS) is 18.7. The zero-order valence-corrected chi connectivity index (χ0v) is 18.0. The van der Waals surface area contributed by atoms with Crippen LogP contribution in [0.15, 0.2) is 59.3 Å². The van der Waals surface area contributed by atoms with Crippen LogP contribution in [0.25, 0.3) is 11.3 Å². The average Bonchev–Trinajstić information content (AvgIpc) is 3.23. The fraction of sp³-hybridized carbons (Fsp3) is 0.375. The van der Waals surface area contributed by atoms with Gasteiger partial charge in [0.05, 0.1) is 30.3 Å². The Balaban J connectivity index is 1.23. The number of rotatable bonds is 7. The van der Waals surface area contributed by atoms with Gasteiger partial charge in [-0.25, -0.2) is 9.97 Å². The Morgan fingerprint density at radius 1 is 1.06 bits per heavy atom. The number of carbonyl (C=O) groups excluding carboxylic acids is 1. The maximum absolute atomic E-state index is 12.3. The molecule has 0 bridgehead atoms. The van der Waals surface area contributed by atoms with Crippen molar-refractivity contribution < 1.29 is 13.9 Å². The summed E-state index contributed by atoms with van der Waals surface area (Å²) in [5.41, 5.74) is 1.70. The number of amides is 1. The first kappa shape index (κ1) is 21.1. The number of oxazole rings is 1. The molecule has 1 amide bonds. The maximum atomic E-state index is 12.3. The van der Waals surface area contributed by atoms with Crippen LogP contribution in [-0.4, -0.2) is 41.2 Å². The number of anilines is 2. The Hall–Kier alpha value is -3.19. The number of hydrogen-bond acceptors (Lipinski definition) is 6. The quantitative estimate of drug-likeness (QED) is 0.613. The summed E-state index contributed by atoms with van der Waals surface area (Å²) >= 11 is 0. The molecule has 7 heteroatoms. The van der Waals surface area contributed by atoms with Crippen LogP contribution in [0.3, 0.4) is 0 Å². The Morgan fingerprint density at radius 3 is 2.55 bits per heavy atom. The Morgan fingerprint density at radius 2 is 1.84 bits per heavy atom. The lowest BCUT2D eigenvalue weighted by molar-refractivity contribution is -0.116. The number of benzene rings is 1. The van der Waals surface area contributed by atoms with Crippen LogP contribution in [-0.2, 0) is 16.0 Å². The summed E-state index contributed by atoms with van der Waals surface area (Å²) in [6, 6.07) is 13.7. The number of nitrogens with zero attached hydrogens (tertiary/aromatic N) is 3. The summed E-state index contributed by atoms with van der Waals surface area (Å²) in [7, 11) is 0. The standard InChI is InChI=1S/C24H28N4O3/c1-17-15-28(16-18(2)30-17)22-12-11-20(13-25-22)27-23(29)9-6-10-24-26-14-21(31-24)19-7-4-3-5-8-19/h3-5,7-8,11-14,17-18H,6,9-10,15-16H2,1-2H3,(H,27,29)/t17-,18-/m0/s1. The van der Waals surface area contributed by atoms with Crippen molar-refractivity contribution in [1.82, 2.24) is 9.97 Å². The van der Waals surface area contributed by atoms with Gasteiger partial charge in [0, 0.05) is 31.5 Å². The molecule has 0 radical (unpaired) electrons. The summed E-state index contributed by atoms with van der Waals surface area (Å²) in [4.78, 5) is 23.3. The van der Waals surface area contributed by atoms with E-state index in [1.807, 2.05) is 42.5 Å². The number of ether oxygens (including phenoxy) is 1. The fourth-order valence-electron chi connectivity index (χ4n) is 3.80. The third kappa shape index (κ3) is 5.70. The summed E-state index contributed by atoms with van der Waals surface area (Å²) in [6.45, 7) is 5.77. The molecule has 0 aliphatic carbocycles. The first-order valence-corrected chi connectivity index (χ1v) is 10.7. The number of nitrogens with one attached hydrogen (secondary N) is 1. The van der Waals surface area contributed by atoms with Gasteiger partial charge in [-0.2, -0.15) is 0 Å². The third-order valence-corrected chi connectivity index (χ3v) is 5.18. The van der Waals surface area contributed by atoms with Crippen molar-refractivity contribution in [3.63, 3.8) is 0 Å².